The van der Waals surface area contributed by atoms with Crippen LogP contribution in [0.25, 0.3) is 65.2 Å². The van der Waals surface area contributed by atoms with E-state index in [2.05, 4.69) is 9.97 Å². The monoisotopic (exact) mass is 572 g/mol. The smallest absolute Gasteiger partial charge is 0.261 e. The van der Waals surface area contributed by atoms with Crippen molar-refractivity contribution in [3.63, 3.8) is 0 Å². The number of hydrogen-bond acceptors (Lipinski definition) is 6. The lowest BCUT2D eigenvalue weighted by Crippen LogP contribution is -2.15. The number of halogens is 1. The second-order valence-corrected chi connectivity index (χ2v) is 11.2. The van der Waals surface area contributed by atoms with Gasteiger partial charge in [0.25, 0.3) is 10.1 Å². The topological polar surface area (TPSA) is 154 Å². The molecule has 0 unspecified atom stereocenters. The molecule has 7 aromatic rings. The summed E-state index contributed by atoms with van der Waals surface area (Å²) < 4.78 is 25.9. The number of rotatable bonds is 0. The highest BCUT2D eigenvalue weighted by atomic mass is 35.5. The van der Waals surface area contributed by atoms with Crippen molar-refractivity contribution in [1.82, 2.24) is 9.97 Å². The molecule has 0 saturated heterocycles. The van der Waals surface area contributed by atoms with E-state index < -0.39 is 10.1 Å². The van der Waals surface area contributed by atoms with E-state index in [4.69, 9.17) is 16.2 Å². The second-order valence-electron chi connectivity index (χ2n) is 9.33. The summed E-state index contributed by atoms with van der Waals surface area (Å²) in [5.41, 5.74) is 0.846. The number of aromatic amines is 2. The van der Waals surface area contributed by atoms with Crippen LogP contribution >= 0.6 is 11.6 Å². The fourth-order valence-corrected chi connectivity index (χ4v) is 5.43. The van der Waals surface area contributed by atoms with Crippen LogP contribution in [-0.2, 0) is 10.1 Å². The van der Waals surface area contributed by atoms with Crippen molar-refractivity contribution in [2.24, 2.45) is 0 Å². The molecule has 0 amide bonds. The van der Waals surface area contributed by atoms with Gasteiger partial charge in [-0.3, -0.25) is 23.7 Å². The maximum absolute atomic E-state index is 13.5. The third-order valence-electron chi connectivity index (χ3n) is 6.78. The molecule has 1 aromatic heterocycles. The number of hydrogen-bond donors (Lipinski definition) is 3. The molecule has 0 aliphatic rings. The average molecular weight is 573 g/mol. The van der Waals surface area contributed by atoms with Crippen molar-refractivity contribution < 1.29 is 13.0 Å². The van der Waals surface area contributed by atoms with Gasteiger partial charge in [0.05, 0.1) is 49.5 Å². The van der Waals surface area contributed by atoms with Crippen molar-refractivity contribution in [3.05, 3.63) is 113 Å². The summed E-state index contributed by atoms with van der Waals surface area (Å²) in [7, 11) is -3.67. The van der Waals surface area contributed by atoms with E-state index in [9.17, 15) is 27.6 Å². The predicted octanol–water partition coefficient (Wildman–Crippen LogP) is 4.30. The normalized spacial score (nSPS) is 12.0. The Morgan fingerprint density at radius 2 is 0.975 bits per heavy atom. The molecular weight excluding hydrogens is 556 g/mol. The Labute approximate surface area is 228 Å². The summed E-state index contributed by atoms with van der Waals surface area (Å²) >= 11 is 6.25. The summed E-state index contributed by atoms with van der Waals surface area (Å²) in [4.78, 5) is 59.7. The quantitative estimate of drug-likeness (QED) is 0.139. The molecule has 40 heavy (non-hydrogen) atoms. The van der Waals surface area contributed by atoms with E-state index in [1.54, 1.807) is 66.7 Å². The van der Waals surface area contributed by atoms with Gasteiger partial charge in [-0.15, -0.1) is 0 Å². The molecule has 0 aliphatic carbocycles. The van der Waals surface area contributed by atoms with Crippen molar-refractivity contribution in [3.8, 4) is 0 Å². The first-order valence-corrected chi connectivity index (χ1v) is 14.0. The zero-order chi connectivity index (χ0) is 28.5. The first-order chi connectivity index (χ1) is 19.0. The minimum atomic E-state index is -3.67. The van der Waals surface area contributed by atoms with Crippen LogP contribution < -0.4 is 21.7 Å². The minimum Gasteiger partial charge on any atom is -0.351 e. The molecule has 7 rings (SSSR count). The maximum Gasteiger partial charge on any atom is 0.261 e. The van der Waals surface area contributed by atoms with Crippen LogP contribution in [0.15, 0.2) is 85.9 Å². The molecule has 0 spiro atoms. The van der Waals surface area contributed by atoms with E-state index in [1.807, 2.05) is 0 Å². The number of nitrogens with one attached hydrogen (secondary N) is 2. The first-order valence-electron chi connectivity index (χ1n) is 11.8. The lowest BCUT2D eigenvalue weighted by Gasteiger charge is -2.10. The van der Waals surface area contributed by atoms with Crippen LogP contribution in [0.2, 0.25) is 5.02 Å². The lowest BCUT2D eigenvalue weighted by molar-refractivity contribution is 0.490. The van der Waals surface area contributed by atoms with Gasteiger partial charge >= 0.3 is 0 Å². The fraction of sp³-hybridized carbons (Fsp3) is 0.0345. The van der Waals surface area contributed by atoms with Gasteiger partial charge in [0.2, 0.25) is 0 Å². The van der Waals surface area contributed by atoms with E-state index in [0.717, 1.165) is 0 Å². The molecule has 9 nitrogen and oxygen atoms in total. The largest absolute Gasteiger partial charge is 0.351 e. The molecular formula is C29H17ClN2O7S. The van der Waals surface area contributed by atoms with E-state index in [0.29, 0.717) is 44.5 Å². The van der Waals surface area contributed by atoms with Crippen molar-refractivity contribution in [2.75, 3.05) is 6.26 Å². The average Bonchev–Trinajstić information content (AvgIpc) is 2.91. The molecule has 0 fully saturated rings. The van der Waals surface area contributed by atoms with Gasteiger partial charge in [-0.25, -0.2) is 0 Å². The molecule has 0 bridgehead atoms. The highest BCUT2D eigenvalue weighted by Gasteiger charge is 2.18. The second kappa shape index (κ2) is 8.95. The molecule has 198 valence electrons. The Morgan fingerprint density at radius 3 is 1.52 bits per heavy atom. The summed E-state index contributed by atoms with van der Waals surface area (Å²) in [5, 5.41) is 2.51. The number of H-pyrrole nitrogens is 2. The molecule has 11 heteroatoms. The molecule has 0 saturated carbocycles. The Balaban J connectivity index is 0.000000534. The highest BCUT2D eigenvalue weighted by Crippen LogP contribution is 2.27. The zero-order valence-electron chi connectivity index (χ0n) is 20.5. The van der Waals surface area contributed by atoms with Crippen LogP contribution in [-0.4, -0.2) is 29.2 Å². The Hall–Kier alpha value is -4.64. The van der Waals surface area contributed by atoms with Gasteiger partial charge in [0.15, 0.2) is 21.7 Å². The summed E-state index contributed by atoms with van der Waals surface area (Å²) in [6.07, 6.45) is 0.715. The number of benzene rings is 6. The molecule has 3 N–H and O–H groups in total. The van der Waals surface area contributed by atoms with Crippen LogP contribution in [0.4, 0.5) is 0 Å². The van der Waals surface area contributed by atoms with Crippen LogP contribution in [0, 0.1) is 0 Å². The van der Waals surface area contributed by atoms with Gasteiger partial charge in [0, 0.05) is 26.9 Å². The Bertz CT molecular complexity index is 2570. The van der Waals surface area contributed by atoms with E-state index >= 15 is 0 Å². The maximum atomic E-state index is 13.5. The zero-order valence-corrected chi connectivity index (χ0v) is 22.1. The standard InChI is InChI=1S/C28H13ClN2O4.CH4O3S/c29-17-7-3-6-14-20(17)27(34)16-9-11-19-24(22(16)28(14)35)31-18-10-8-15-21(23(18)30-19)26(33)13-5-2-1-4-12(13)25(15)32;1-5(2,3)4/h1-11,30-31H;1H3,(H,2,3,4). The molecule has 0 aliphatic heterocycles. The summed E-state index contributed by atoms with van der Waals surface area (Å²) in [5.74, 6) is 0. The number of fused-ring (bicyclic) bond motifs is 8. The Kier molecular flexibility index (Phi) is 5.74. The van der Waals surface area contributed by atoms with E-state index in [1.165, 1.54) is 0 Å². The van der Waals surface area contributed by atoms with Crippen molar-refractivity contribution in [2.45, 2.75) is 0 Å². The molecule has 0 radical (unpaired) electrons. The van der Waals surface area contributed by atoms with Gasteiger partial charge in [0.1, 0.15) is 0 Å². The van der Waals surface area contributed by atoms with Gasteiger partial charge in [-0.1, -0.05) is 48.0 Å². The van der Waals surface area contributed by atoms with Gasteiger partial charge in [-0.2, -0.15) is 8.42 Å². The van der Waals surface area contributed by atoms with Gasteiger partial charge in [-0.05, 0) is 30.3 Å². The van der Waals surface area contributed by atoms with E-state index in [-0.39, 0.29) is 53.7 Å². The first kappa shape index (κ1) is 25.6. The van der Waals surface area contributed by atoms with Crippen molar-refractivity contribution >= 4 is 86.9 Å². The van der Waals surface area contributed by atoms with Crippen LogP contribution in [0.5, 0.6) is 0 Å². The van der Waals surface area contributed by atoms with Crippen LogP contribution in [0.3, 0.4) is 0 Å². The minimum absolute atomic E-state index is 0.202. The fourth-order valence-electron chi connectivity index (χ4n) is 5.17. The third-order valence-corrected chi connectivity index (χ3v) is 7.09. The predicted molar refractivity (Wildman–Crippen MR) is 159 cm³/mol. The SMILES string of the molecule is CS(=O)(=O)O.O=c1c2ccccc2c(=O)c2c1ccc1[nH]c3c(ccc4c(=O)c5c(Cl)cccc5c(=O)c43)[nH]c12. The lowest BCUT2D eigenvalue weighted by atomic mass is 9.99. The highest BCUT2D eigenvalue weighted by molar-refractivity contribution is 7.85. The Morgan fingerprint density at radius 1 is 0.575 bits per heavy atom. The third kappa shape index (κ3) is 3.92. The number of aromatic nitrogens is 2. The van der Waals surface area contributed by atoms with Gasteiger partial charge < -0.3 is 9.97 Å². The summed E-state index contributed by atoms with van der Waals surface area (Å²) in [6.45, 7) is 0. The molecule has 1 heterocycles. The van der Waals surface area contributed by atoms with Crippen molar-refractivity contribution in [1.29, 1.82) is 0 Å². The molecule has 6 aromatic carbocycles. The summed E-state index contributed by atoms with van der Waals surface area (Å²) in [6, 6.07) is 18.1. The molecule has 0 atom stereocenters. The van der Waals surface area contributed by atoms with Crippen LogP contribution in [0.1, 0.15) is 0 Å².